The Bertz CT molecular complexity index is 4750. The number of terminal acetylenes is 1. The molecule has 8 aromatic carbocycles. The minimum atomic E-state index is -0.884. The molecule has 28 nitrogen and oxygen atoms in total. The summed E-state index contributed by atoms with van der Waals surface area (Å²) in [7, 11) is 0. The topological polar surface area (TPSA) is 435 Å². The van der Waals surface area contributed by atoms with Gasteiger partial charge in [-0.3, -0.25) is 4.91 Å². The summed E-state index contributed by atoms with van der Waals surface area (Å²) >= 11 is 24.5. The molecule has 9 aromatic rings. The Hall–Kier alpha value is -8.07. The van der Waals surface area contributed by atoms with Crippen molar-refractivity contribution in [2.75, 3.05) is 96.1 Å². The molecule has 706 valence electrons. The van der Waals surface area contributed by atoms with Crippen molar-refractivity contribution in [3.8, 4) is 58.3 Å². The smallest absolute Gasteiger partial charge is 0.491 e. The third-order valence-electron chi connectivity index (χ3n) is 20.5. The van der Waals surface area contributed by atoms with Gasteiger partial charge in [0.2, 0.25) is 0 Å². The molecule has 11 N–H and O–H groups in total. The Balaban J connectivity index is 0.000000571. The number of aryl methyl sites for hydroxylation is 4. The second-order valence-corrected chi connectivity index (χ2v) is 34.2. The van der Waals surface area contributed by atoms with Crippen LogP contribution in [0.1, 0.15) is 149 Å². The van der Waals surface area contributed by atoms with Crippen molar-refractivity contribution in [1.29, 1.82) is 0 Å². The van der Waals surface area contributed by atoms with Crippen molar-refractivity contribution < 1.29 is 124 Å². The van der Waals surface area contributed by atoms with Gasteiger partial charge in [-0.2, -0.15) is 0 Å². The standard InChI is InChI=1S/C25H31ClIN3O5.C23H31ClO4.C22H28ClN3O4.C22H29ClO5.C3H4O.CH4.N3.Na/c1-16-10-18(6-9-23(16)35-14-19(32)11-26)25(2,3)17-4-7-21(8-5-17)34-15-20(33)12-30-24(27)22(13-31)28-29-30;1-5-19(25)14-27-21-9-6-17(7-10-21)23(3,4)18-8-11-22(16(2)12-18)28-15-20(26)13-24;1-15-10-17(6-9-21(15)30-13-18(27)11-23)22(2,3)16-4-7-20(8-5-16)29-14-19(28)12-25-26-24;1-15-10-17(6-9-21(15)28-13-18(25)11-23)22(2,3)16-4-7-20(8-5-16)27-14-19(26)12-24;1-2-3-4;;1-3-2;/h4-10,19-20,31-33H,11-15H2,1-3H3;6-12,19-20,25-26H,5,13-15H2,1-4H3;4-10,18-19,27-28H,11-14H2,1-3H3;4-10,18-19,24-26H,11-14H2,1-3H3;1,4H,3H2;1H4;;/q;;;;;;-1;+1/t2*19-,20-;2*18-,19-;;;;/m1111..../s1. The normalized spacial score (nSPS) is 12.9. The van der Waals surface area contributed by atoms with Crippen LogP contribution in [0, 0.1) is 43.7 Å². The summed E-state index contributed by atoms with van der Waals surface area (Å²) < 4.78 is 47.3. The molecule has 0 saturated heterocycles. The van der Waals surface area contributed by atoms with Gasteiger partial charge in [-0.1, -0.05) is 183 Å². The third-order valence-corrected chi connectivity index (χ3v) is 23.1. The number of aliphatic hydroxyl groups excluding tert-OH is 11. The van der Waals surface area contributed by atoms with E-state index in [2.05, 4.69) is 125 Å². The van der Waals surface area contributed by atoms with Gasteiger partial charge in [0, 0.05) is 26.6 Å². The quantitative estimate of drug-likeness (QED) is 0.00321. The number of rotatable bonds is 43. The molecular weight excluding hydrogens is 1870 g/mol. The Labute approximate surface area is 820 Å². The monoisotopic (exact) mass is 2000 g/mol. The van der Waals surface area contributed by atoms with Crippen molar-refractivity contribution in [3.63, 3.8) is 0 Å². The first-order valence-corrected chi connectivity index (χ1v) is 44.4. The van der Waals surface area contributed by atoms with Crippen LogP contribution in [-0.2, 0) is 34.8 Å². The largest absolute Gasteiger partial charge is 1.00 e. The minimum absolute atomic E-state index is 0. The van der Waals surface area contributed by atoms with Gasteiger partial charge in [-0.05, 0) is 202 Å². The molecule has 0 amide bonds. The first-order chi connectivity index (χ1) is 60.8. The van der Waals surface area contributed by atoms with E-state index in [9.17, 15) is 46.0 Å². The van der Waals surface area contributed by atoms with Crippen molar-refractivity contribution in [2.24, 2.45) is 5.11 Å². The van der Waals surface area contributed by atoms with E-state index in [1.165, 1.54) is 16.0 Å². The van der Waals surface area contributed by atoms with Crippen LogP contribution in [0.25, 0.3) is 26.4 Å². The molecule has 8 atom stereocenters. The second-order valence-electron chi connectivity index (χ2n) is 32.0. The van der Waals surface area contributed by atoms with Gasteiger partial charge < -0.3 is 105 Å². The van der Waals surface area contributed by atoms with Crippen molar-refractivity contribution in [2.45, 2.75) is 187 Å². The SMILES string of the molecule is C.C#CCO.CC[C@@H](O)COc1ccc(C(C)(C)c2ccc(OC[C@H](O)CCl)c(C)c2)cc1.Cc1cc(C(C)(C)c2ccc(OC[C@H](O)CN=[N+]=[N-])cc2)ccc1OC[C@H](O)CCl.Cc1cc(C(C)(C)c2ccc(OC[C@H](O)CO)cc2)ccc1OC[C@H](O)CCl.Cc1cc(C(C)(C)c2ccc(OC[C@H](O)Cn3nnc(CO)c3I)cc2)ccc1OC[C@H](O)CCl.[N-]=[N+]=[N-].[Na+]. The van der Waals surface area contributed by atoms with Crippen LogP contribution in [0.5, 0.6) is 46.0 Å². The molecule has 0 saturated carbocycles. The maximum absolute atomic E-state index is 10.3. The van der Waals surface area contributed by atoms with Crippen LogP contribution in [0.15, 0.2) is 175 Å². The molecule has 0 bridgehead atoms. The van der Waals surface area contributed by atoms with Crippen LogP contribution >= 0.6 is 69.0 Å². The van der Waals surface area contributed by atoms with Gasteiger partial charge in [0.25, 0.3) is 0 Å². The predicted molar refractivity (Wildman–Crippen MR) is 517 cm³/mol. The molecule has 0 aliphatic heterocycles. The Morgan fingerprint density at radius 3 is 0.885 bits per heavy atom. The number of aromatic nitrogens is 3. The molecule has 34 heteroatoms. The van der Waals surface area contributed by atoms with Crippen molar-refractivity contribution in [3.05, 3.63) is 272 Å². The molecule has 0 fully saturated rings. The van der Waals surface area contributed by atoms with Gasteiger partial charge >= 0.3 is 29.6 Å². The molecule has 0 radical (unpaired) electrons. The minimum Gasteiger partial charge on any atom is -0.491 e. The number of hydrogen-bond acceptors (Lipinski definition) is 22. The average Bonchev–Trinajstić information content (AvgIpc) is 0.825. The number of ether oxygens (including phenoxy) is 8. The molecule has 130 heavy (non-hydrogen) atoms. The van der Waals surface area contributed by atoms with Crippen LogP contribution in [-0.4, -0.2) is 216 Å². The number of alkyl halides is 4. The van der Waals surface area contributed by atoms with E-state index in [1.807, 2.05) is 191 Å². The fourth-order valence-corrected chi connectivity index (χ4v) is 13.1. The summed E-state index contributed by atoms with van der Waals surface area (Å²) in [6, 6.07) is 55.4. The number of nitrogens with zero attached hydrogens (tertiary/aromatic N) is 9. The molecule has 1 heterocycles. The molecule has 0 unspecified atom stereocenters. The molecule has 0 aliphatic rings. The zero-order chi connectivity index (χ0) is 95.3. The summed E-state index contributed by atoms with van der Waals surface area (Å²) in [6.45, 7) is 27.8. The van der Waals surface area contributed by atoms with Gasteiger partial charge in [0.15, 0.2) is 0 Å². The van der Waals surface area contributed by atoms with E-state index in [0.29, 0.717) is 39.7 Å². The summed E-state index contributed by atoms with van der Waals surface area (Å²) in [4.78, 5) is 4.12. The number of halogens is 5. The van der Waals surface area contributed by atoms with Crippen LogP contribution < -0.4 is 67.5 Å². The second kappa shape index (κ2) is 61.0. The van der Waals surface area contributed by atoms with E-state index in [-0.39, 0.29) is 161 Å². The first kappa shape index (κ1) is 118. The van der Waals surface area contributed by atoms with E-state index in [1.54, 1.807) is 4.68 Å². The summed E-state index contributed by atoms with van der Waals surface area (Å²) in [5.41, 5.74) is 34.4. The number of azide groups is 1. The van der Waals surface area contributed by atoms with Gasteiger partial charge in [-0.25, -0.2) is 4.68 Å². The van der Waals surface area contributed by atoms with Gasteiger partial charge in [0.1, 0.15) is 151 Å². The summed E-state index contributed by atoms with van der Waals surface area (Å²) in [5.74, 6) is 8.17. The fraction of sp³-hybridized carbons (Fsp3) is 0.458. The average molecular weight is 2000 g/mol. The number of hydrogen-bond donors (Lipinski definition) is 11. The van der Waals surface area contributed by atoms with Gasteiger partial charge in [-0.15, -0.1) is 57.9 Å². The Kier molecular flexibility index (Phi) is 55.3. The van der Waals surface area contributed by atoms with E-state index in [4.69, 9.17) is 111 Å². The summed E-state index contributed by atoms with van der Waals surface area (Å²) in [5, 5.41) is 114. The van der Waals surface area contributed by atoms with E-state index in [0.717, 1.165) is 84.4 Å². The van der Waals surface area contributed by atoms with Gasteiger partial charge in [0.05, 0.1) is 62.0 Å². The maximum atomic E-state index is 10.3. The van der Waals surface area contributed by atoms with Crippen LogP contribution in [0.4, 0.5) is 0 Å². The van der Waals surface area contributed by atoms with E-state index < -0.39 is 48.8 Å². The van der Waals surface area contributed by atoms with Crippen molar-refractivity contribution >= 4 is 69.0 Å². The zero-order valence-corrected chi connectivity index (χ0v) is 82.9. The molecule has 9 rings (SSSR count). The predicted octanol–water partition coefficient (Wildman–Crippen LogP) is 13.4. The van der Waals surface area contributed by atoms with Crippen LogP contribution in [0.2, 0.25) is 0 Å². The third kappa shape index (κ3) is 39.2. The Morgan fingerprint density at radius 2 is 0.662 bits per heavy atom. The molecule has 0 spiro atoms. The molecule has 1 aromatic heterocycles. The first-order valence-electron chi connectivity index (χ1n) is 41.2. The summed E-state index contributed by atoms with van der Waals surface area (Å²) in [6.07, 6.45) is -0.478. The number of aliphatic hydroxyl groups is 11. The Morgan fingerprint density at radius 1 is 0.415 bits per heavy atom. The molecule has 0 aliphatic carbocycles. The van der Waals surface area contributed by atoms with E-state index >= 15 is 0 Å². The maximum Gasteiger partial charge on any atom is 1.00 e. The fourth-order valence-electron chi connectivity index (χ4n) is 12.2. The van der Waals surface area contributed by atoms with Crippen molar-refractivity contribution in [1.82, 2.24) is 15.0 Å². The zero-order valence-electron chi connectivity index (χ0n) is 75.7. The number of benzene rings is 8. The van der Waals surface area contributed by atoms with Crippen LogP contribution in [0.3, 0.4) is 0 Å². The molecular formula is C96H127Cl4IN9NaO19.